The van der Waals surface area contributed by atoms with Gasteiger partial charge in [0.05, 0.1) is 10.5 Å². The molecule has 1 aromatic heterocycles. The van der Waals surface area contributed by atoms with Crippen LogP contribution in [0.4, 0.5) is 4.79 Å². The fourth-order valence-electron chi connectivity index (χ4n) is 2.78. The lowest BCUT2D eigenvalue weighted by atomic mass is 10.2. The van der Waals surface area contributed by atoms with Crippen molar-refractivity contribution in [3.63, 3.8) is 0 Å². The standard InChI is InChI=1S/C19H15N3O6S/c23-16-4-2-12(9-21-16)17(24)20-5-6-22-18(25)15(29-19(22)26)8-11-1-3-13-14(7-11)28-10-27-13/h1-4,7-9H,5-6,10H2,(H,20,24)(H,21,23)/b15-8-. The van der Waals surface area contributed by atoms with Gasteiger partial charge in [0.25, 0.3) is 17.1 Å². The highest BCUT2D eigenvalue weighted by atomic mass is 32.2. The molecule has 2 aliphatic rings. The SMILES string of the molecule is O=C(NCCN1C(=O)S/C(=C\c2ccc3c(c2)OCO3)C1=O)c1ccc(=O)[nH]c1. The zero-order chi connectivity index (χ0) is 20.4. The first-order chi connectivity index (χ1) is 14.0. The van der Waals surface area contributed by atoms with Crippen LogP contribution in [0.2, 0.25) is 0 Å². The molecule has 0 saturated carbocycles. The molecule has 148 valence electrons. The van der Waals surface area contributed by atoms with E-state index in [4.69, 9.17) is 9.47 Å². The molecular weight excluding hydrogens is 398 g/mol. The van der Waals surface area contributed by atoms with E-state index in [0.717, 1.165) is 16.7 Å². The fraction of sp³-hybridized carbons (Fsp3) is 0.158. The van der Waals surface area contributed by atoms with Crippen molar-refractivity contribution in [2.24, 2.45) is 0 Å². The van der Waals surface area contributed by atoms with Gasteiger partial charge in [-0.05, 0) is 41.6 Å². The Morgan fingerprint density at radius 3 is 2.79 bits per heavy atom. The summed E-state index contributed by atoms with van der Waals surface area (Å²) in [6.45, 7) is 0.283. The lowest BCUT2D eigenvalue weighted by molar-refractivity contribution is -0.122. The number of imide groups is 1. The molecule has 2 aromatic rings. The first kappa shape index (κ1) is 18.8. The molecule has 0 unspecified atom stereocenters. The summed E-state index contributed by atoms with van der Waals surface area (Å²) in [6, 6.07) is 7.88. The average molecular weight is 413 g/mol. The Morgan fingerprint density at radius 1 is 1.17 bits per heavy atom. The second-order valence-electron chi connectivity index (χ2n) is 6.14. The van der Waals surface area contributed by atoms with Crippen LogP contribution in [0.25, 0.3) is 6.08 Å². The lowest BCUT2D eigenvalue weighted by Gasteiger charge is -2.12. The number of hydrogen-bond donors (Lipinski definition) is 2. The summed E-state index contributed by atoms with van der Waals surface area (Å²) in [6.07, 6.45) is 2.91. The summed E-state index contributed by atoms with van der Waals surface area (Å²) in [5, 5.41) is 2.21. The topological polar surface area (TPSA) is 118 Å². The van der Waals surface area contributed by atoms with Gasteiger partial charge in [0.2, 0.25) is 12.4 Å². The number of hydrogen-bond acceptors (Lipinski definition) is 7. The van der Waals surface area contributed by atoms with Gasteiger partial charge in [0, 0.05) is 25.4 Å². The third kappa shape index (κ3) is 4.02. The number of thioether (sulfide) groups is 1. The first-order valence-corrected chi connectivity index (χ1v) is 9.45. The van der Waals surface area contributed by atoms with Gasteiger partial charge in [0.1, 0.15) is 0 Å². The predicted molar refractivity (Wildman–Crippen MR) is 105 cm³/mol. The van der Waals surface area contributed by atoms with Gasteiger partial charge in [-0.3, -0.25) is 24.1 Å². The highest BCUT2D eigenvalue weighted by Gasteiger charge is 2.34. The van der Waals surface area contributed by atoms with E-state index in [2.05, 4.69) is 10.3 Å². The maximum Gasteiger partial charge on any atom is 0.293 e. The Labute approximate surface area is 168 Å². The quantitative estimate of drug-likeness (QED) is 0.715. The van der Waals surface area contributed by atoms with Crippen LogP contribution in [0.3, 0.4) is 0 Å². The van der Waals surface area contributed by atoms with E-state index in [9.17, 15) is 19.2 Å². The molecule has 0 atom stereocenters. The number of carbonyl (C=O) groups excluding carboxylic acids is 3. The van der Waals surface area contributed by atoms with Crippen molar-refractivity contribution < 1.29 is 23.9 Å². The molecule has 1 fully saturated rings. The fourth-order valence-corrected chi connectivity index (χ4v) is 3.65. The molecule has 0 spiro atoms. The van der Waals surface area contributed by atoms with Gasteiger partial charge >= 0.3 is 0 Å². The number of aromatic nitrogens is 1. The molecule has 0 radical (unpaired) electrons. The number of nitrogens with one attached hydrogen (secondary N) is 2. The predicted octanol–water partition coefficient (Wildman–Crippen LogP) is 1.57. The Balaban J connectivity index is 1.37. The normalized spacial score (nSPS) is 16.6. The van der Waals surface area contributed by atoms with Crippen LogP contribution in [0.15, 0.2) is 46.2 Å². The Kier molecular flexibility index (Phi) is 5.09. The molecule has 3 amide bonds. The Bertz CT molecular complexity index is 1070. The van der Waals surface area contributed by atoms with E-state index in [1.807, 2.05) is 0 Å². The van der Waals surface area contributed by atoms with Gasteiger partial charge in [-0.1, -0.05) is 6.07 Å². The van der Waals surface area contributed by atoms with Gasteiger partial charge in [0.15, 0.2) is 11.5 Å². The second kappa shape index (κ2) is 7.84. The number of fused-ring (bicyclic) bond motifs is 1. The monoisotopic (exact) mass is 413 g/mol. The zero-order valence-electron chi connectivity index (χ0n) is 15.0. The highest BCUT2D eigenvalue weighted by molar-refractivity contribution is 8.18. The maximum atomic E-state index is 12.5. The van der Waals surface area contributed by atoms with Crippen LogP contribution < -0.4 is 20.3 Å². The van der Waals surface area contributed by atoms with Crippen molar-refractivity contribution in [3.8, 4) is 11.5 Å². The van der Waals surface area contributed by atoms with E-state index in [-0.39, 0.29) is 31.0 Å². The molecule has 10 heteroatoms. The molecule has 29 heavy (non-hydrogen) atoms. The molecule has 2 aliphatic heterocycles. The van der Waals surface area contributed by atoms with Crippen molar-refractivity contribution in [2.75, 3.05) is 19.9 Å². The summed E-state index contributed by atoms with van der Waals surface area (Å²) >= 11 is 0.841. The number of nitrogens with zero attached hydrogens (tertiary/aromatic N) is 1. The number of pyridine rings is 1. The Hall–Kier alpha value is -3.53. The summed E-state index contributed by atoms with van der Waals surface area (Å²) < 4.78 is 10.6. The van der Waals surface area contributed by atoms with E-state index >= 15 is 0 Å². The van der Waals surface area contributed by atoms with Crippen LogP contribution in [-0.4, -0.2) is 46.8 Å². The summed E-state index contributed by atoms with van der Waals surface area (Å²) in [5.74, 6) is 0.386. The van der Waals surface area contributed by atoms with E-state index in [0.29, 0.717) is 22.0 Å². The van der Waals surface area contributed by atoms with Gasteiger partial charge < -0.3 is 19.8 Å². The number of benzene rings is 1. The number of aromatic amines is 1. The third-order valence-corrected chi connectivity index (χ3v) is 5.14. The second-order valence-corrected chi connectivity index (χ2v) is 7.14. The van der Waals surface area contributed by atoms with Crippen LogP contribution in [-0.2, 0) is 4.79 Å². The van der Waals surface area contributed by atoms with Crippen molar-refractivity contribution >= 4 is 34.9 Å². The molecule has 9 nitrogen and oxygen atoms in total. The molecule has 1 aromatic carbocycles. The molecule has 0 aliphatic carbocycles. The van der Waals surface area contributed by atoms with Crippen LogP contribution in [0.5, 0.6) is 11.5 Å². The summed E-state index contributed by atoms with van der Waals surface area (Å²) in [4.78, 5) is 51.6. The van der Waals surface area contributed by atoms with E-state index < -0.39 is 17.1 Å². The van der Waals surface area contributed by atoms with Crippen molar-refractivity contribution in [1.29, 1.82) is 0 Å². The van der Waals surface area contributed by atoms with Gasteiger partial charge in [-0.2, -0.15) is 0 Å². The smallest absolute Gasteiger partial charge is 0.293 e. The van der Waals surface area contributed by atoms with Crippen LogP contribution in [0, 0.1) is 0 Å². The molecule has 1 saturated heterocycles. The molecule has 0 bridgehead atoms. The number of rotatable bonds is 5. The molecule has 2 N–H and O–H groups in total. The minimum Gasteiger partial charge on any atom is -0.454 e. The highest BCUT2D eigenvalue weighted by Crippen LogP contribution is 2.36. The van der Waals surface area contributed by atoms with Crippen molar-refractivity contribution in [3.05, 3.63) is 62.9 Å². The summed E-state index contributed by atoms with van der Waals surface area (Å²) in [7, 11) is 0. The molecule has 3 heterocycles. The lowest BCUT2D eigenvalue weighted by Crippen LogP contribution is -2.37. The first-order valence-electron chi connectivity index (χ1n) is 8.63. The minimum atomic E-state index is -0.420. The van der Waals surface area contributed by atoms with E-state index in [1.54, 1.807) is 24.3 Å². The number of H-pyrrole nitrogens is 1. The largest absolute Gasteiger partial charge is 0.454 e. The van der Waals surface area contributed by atoms with Gasteiger partial charge in [-0.15, -0.1) is 0 Å². The maximum absolute atomic E-state index is 12.5. The van der Waals surface area contributed by atoms with E-state index in [1.165, 1.54) is 18.3 Å². The number of carbonyl (C=O) groups is 3. The Morgan fingerprint density at radius 2 is 2.00 bits per heavy atom. The zero-order valence-corrected chi connectivity index (χ0v) is 15.8. The van der Waals surface area contributed by atoms with Crippen LogP contribution >= 0.6 is 11.8 Å². The van der Waals surface area contributed by atoms with Crippen molar-refractivity contribution in [2.45, 2.75) is 0 Å². The third-order valence-electron chi connectivity index (χ3n) is 4.24. The van der Waals surface area contributed by atoms with Crippen molar-refractivity contribution in [1.82, 2.24) is 15.2 Å². The molecule has 4 rings (SSSR count). The number of amides is 3. The number of ether oxygens (including phenoxy) is 2. The minimum absolute atomic E-state index is 0.0399. The molecular formula is C19H15N3O6S. The summed E-state index contributed by atoms with van der Waals surface area (Å²) in [5.41, 5.74) is 0.682. The van der Waals surface area contributed by atoms with Crippen LogP contribution in [0.1, 0.15) is 15.9 Å². The van der Waals surface area contributed by atoms with Gasteiger partial charge in [-0.25, -0.2) is 0 Å². The average Bonchev–Trinajstić information content (AvgIpc) is 3.27.